The second kappa shape index (κ2) is 3.95. The molecule has 0 aliphatic carbocycles. The molecule has 5 nitrogen and oxygen atoms in total. The lowest BCUT2D eigenvalue weighted by molar-refractivity contribution is -0.114. The normalized spacial score (nSPS) is 11.1. The highest BCUT2D eigenvalue weighted by Crippen LogP contribution is 2.18. The molecule has 7 heteroatoms. The van der Waals surface area contributed by atoms with E-state index in [0.717, 1.165) is 18.2 Å². The van der Waals surface area contributed by atoms with E-state index in [1.54, 1.807) is 0 Å². The molecule has 0 heterocycles. The molecule has 0 spiro atoms. The van der Waals surface area contributed by atoms with Gasteiger partial charge in [0, 0.05) is 6.92 Å². The van der Waals surface area contributed by atoms with E-state index in [1.807, 2.05) is 0 Å². The van der Waals surface area contributed by atoms with Crippen LogP contribution in [0, 0.1) is 5.82 Å². The van der Waals surface area contributed by atoms with Crippen molar-refractivity contribution in [3.8, 4) is 0 Å². The fourth-order valence-corrected chi connectivity index (χ4v) is 1.51. The zero-order valence-corrected chi connectivity index (χ0v) is 8.64. The van der Waals surface area contributed by atoms with Gasteiger partial charge in [-0.25, -0.2) is 17.9 Å². The van der Waals surface area contributed by atoms with E-state index in [9.17, 15) is 17.6 Å². The van der Waals surface area contributed by atoms with Crippen molar-refractivity contribution in [3.63, 3.8) is 0 Å². The van der Waals surface area contributed by atoms with Crippen LogP contribution < -0.4 is 10.5 Å². The highest BCUT2D eigenvalue weighted by atomic mass is 32.2. The van der Waals surface area contributed by atoms with Crippen LogP contribution in [0.15, 0.2) is 23.1 Å². The molecule has 0 aliphatic rings. The third-order valence-electron chi connectivity index (χ3n) is 1.58. The molecule has 0 fully saturated rings. The van der Waals surface area contributed by atoms with Gasteiger partial charge >= 0.3 is 0 Å². The predicted molar refractivity (Wildman–Crippen MR) is 52.1 cm³/mol. The SMILES string of the molecule is CC(=O)Nc1cc(S(N)(=O)=O)ccc1F. The first kappa shape index (κ1) is 11.6. The van der Waals surface area contributed by atoms with Crippen LogP contribution in [0.4, 0.5) is 10.1 Å². The molecule has 0 saturated carbocycles. The molecular weight excluding hydrogens is 223 g/mol. The summed E-state index contributed by atoms with van der Waals surface area (Å²) in [7, 11) is -3.90. The summed E-state index contributed by atoms with van der Waals surface area (Å²) in [6, 6.07) is 2.91. The first-order valence-electron chi connectivity index (χ1n) is 3.90. The Morgan fingerprint density at radius 1 is 1.47 bits per heavy atom. The van der Waals surface area contributed by atoms with E-state index in [2.05, 4.69) is 5.32 Å². The highest BCUT2D eigenvalue weighted by Gasteiger charge is 2.11. The van der Waals surface area contributed by atoms with Gasteiger partial charge in [0.2, 0.25) is 15.9 Å². The highest BCUT2D eigenvalue weighted by molar-refractivity contribution is 7.89. The topological polar surface area (TPSA) is 89.3 Å². The number of hydrogen-bond acceptors (Lipinski definition) is 3. The lowest BCUT2D eigenvalue weighted by atomic mass is 10.3. The first-order chi connectivity index (χ1) is 6.80. The summed E-state index contributed by atoms with van der Waals surface area (Å²) in [4.78, 5) is 10.4. The van der Waals surface area contributed by atoms with E-state index in [1.165, 1.54) is 6.92 Å². The monoisotopic (exact) mass is 232 g/mol. The van der Waals surface area contributed by atoms with Gasteiger partial charge in [-0.1, -0.05) is 0 Å². The number of benzene rings is 1. The molecule has 0 radical (unpaired) electrons. The van der Waals surface area contributed by atoms with E-state index in [-0.39, 0.29) is 10.6 Å². The molecule has 0 unspecified atom stereocenters. The van der Waals surface area contributed by atoms with Crippen molar-refractivity contribution in [2.45, 2.75) is 11.8 Å². The van der Waals surface area contributed by atoms with Crippen molar-refractivity contribution in [1.29, 1.82) is 0 Å². The minimum atomic E-state index is -3.90. The fourth-order valence-electron chi connectivity index (χ4n) is 0.967. The van der Waals surface area contributed by atoms with E-state index >= 15 is 0 Å². The Morgan fingerprint density at radius 3 is 2.53 bits per heavy atom. The smallest absolute Gasteiger partial charge is 0.238 e. The molecule has 1 rings (SSSR count). The maximum absolute atomic E-state index is 13.1. The number of primary sulfonamides is 1. The Hall–Kier alpha value is -1.47. The summed E-state index contributed by atoms with van der Waals surface area (Å²) < 4.78 is 34.9. The van der Waals surface area contributed by atoms with Crippen molar-refractivity contribution < 1.29 is 17.6 Å². The van der Waals surface area contributed by atoms with Gasteiger partial charge in [0.05, 0.1) is 10.6 Å². The van der Waals surface area contributed by atoms with Crippen LogP contribution in [-0.2, 0) is 14.8 Å². The summed E-state index contributed by atoms with van der Waals surface area (Å²) in [5.74, 6) is -1.22. The third-order valence-corrected chi connectivity index (χ3v) is 2.49. The number of nitrogens with one attached hydrogen (secondary N) is 1. The first-order valence-corrected chi connectivity index (χ1v) is 5.45. The summed E-state index contributed by atoms with van der Waals surface area (Å²) in [5, 5.41) is 7.00. The molecule has 0 saturated heterocycles. The molecular formula is C8H9FN2O3S. The number of sulfonamides is 1. The quantitative estimate of drug-likeness (QED) is 0.774. The number of amides is 1. The van der Waals surface area contributed by atoms with E-state index in [4.69, 9.17) is 5.14 Å². The van der Waals surface area contributed by atoms with Gasteiger partial charge in [0.1, 0.15) is 5.82 Å². The number of halogens is 1. The maximum atomic E-state index is 13.1. The minimum absolute atomic E-state index is 0.214. The van der Waals surface area contributed by atoms with Gasteiger partial charge in [0.15, 0.2) is 0 Å². The Kier molecular flexibility index (Phi) is 3.06. The average molecular weight is 232 g/mol. The van der Waals surface area contributed by atoms with Crippen molar-refractivity contribution >= 4 is 21.6 Å². The molecule has 15 heavy (non-hydrogen) atoms. The zero-order chi connectivity index (χ0) is 11.6. The van der Waals surface area contributed by atoms with Gasteiger partial charge in [-0.05, 0) is 18.2 Å². The summed E-state index contributed by atoms with van der Waals surface area (Å²) >= 11 is 0. The van der Waals surface area contributed by atoms with E-state index < -0.39 is 21.7 Å². The van der Waals surface area contributed by atoms with Crippen molar-refractivity contribution in [1.82, 2.24) is 0 Å². The standard InChI is InChI=1S/C8H9FN2O3S/c1-5(12)11-8-4-6(15(10,13)14)2-3-7(8)9/h2-4H,1H3,(H,11,12)(H2,10,13,14). The van der Waals surface area contributed by atoms with Crippen LogP contribution >= 0.6 is 0 Å². The fraction of sp³-hybridized carbons (Fsp3) is 0.125. The zero-order valence-electron chi connectivity index (χ0n) is 7.82. The van der Waals surface area contributed by atoms with Gasteiger partial charge in [-0.2, -0.15) is 0 Å². The van der Waals surface area contributed by atoms with Crippen LogP contribution in [0.25, 0.3) is 0 Å². The molecule has 0 aromatic heterocycles. The lowest BCUT2D eigenvalue weighted by Gasteiger charge is -2.05. The number of rotatable bonds is 2. The van der Waals surface area contributed by atoms with Crippen LogP contribution in [0.3, 0.4) is 0 Å². The Balaban J connectivity index is 3.23. The van der Waals surface area contributed by atoms with Crippen LogP contribution in [-0.4, -0.2) is 14.3 Å². The molecule has 0 atom stereocenters. The number of anilines is 1. The second-order valence-electron chi connectivity index (χ2n) is 2.87. The van der Waals surface area contributed by atoms with Crippen LogP contribution in [0.1, 0.15) is 6.92 Å². The number of nitrogens with two attached hydrogens (primary N) is 1. The van der Waals surface area contributed by atoms with Gasteiger partial charge in [-0.15, -0.1) is 0 Å². The Morgan fingerprint density at radius 2 is 2.07 bits per heavy atom. The molecule has 3 N–H and O–H groups in total. The summed E-state index contributed by atoms with van der Waals surface area (Å²) in [5.41, 5.74) is -0.214. The molecule has 82 valence electrons. The summed E-state index contributed by atoms with van der Waals surface area (Å²) in [6.07, 6.45) is 0. The molecule has 1 aromatic carbocycles. The minimum Gasteiger partial charge on any atom is -0.324 e. The molecule has 1 amide bonds. The van der Waals surface area contributed by atoms with Crippen molar-refractivity contribution in [2.75, 3.05) is 5.32 Å². The molecule has 1 aromatic rings. The maximum Gasteiger partial charge on any atom is 0.238 e. The molecule has 0 aliphatic heterocycles. The third kappa shape index (κ3) is 3.00. The lowest BCUT2D eigenvalue weighted by Crippen LogP contribution is -2.14. The van der Waals surface area contributed by atoms with Crippen LogP contribution in [0.2, 0.25) is 0 Å². The summed E-state index contributed by atoms with van der Waals surface area (Å²) in [6.45, 7) is 1.18. The van der Waals surface area contributed by atoms with Gasteiger partial charge in [-0.3, -0.25) is 4.79 Å². The molecule has 0 bridgehead atoms. The van der Waals surface area contributed by atoms with Gasteiger partial charge in [0.25, 0.3) is 0 Å². The Bertz CT molecular complexity index is 499. The largest absolute Gasteiger partial charge is 0.324 e. The number of carbonyl (C=O) groups excluding carboxylic acids is 1. The van der Waals surface area contributed by atoms with Crippen molar-refractivity contribution in [3.05, 3.63) is 24.0 Å². The van der Waals surface area contributed by atoms with Crippen LogP contribution in [0.5, 0.6) is 0 Å². The van der Waals surface area contributed by atoms with E-state index in [0.29, 0.717) is 0 Å². The predicted octanol–water partition coefficient (Wildman–Crippen LogP) is 0.432. The number of carbonyl (C=O) groups is 1. The second-order valence-corrected chi connectivity index (χ2v) is 4.43. The van der Waals surface area contributed by atoms with Crippen molar-refractivity contribution in [2.24, 2.45) is 5.14 Å². The average Bonchev–Trinajstić information content (AvgIpc) is 2.06. The van der Waals surface area contributed by atoms with Gasteiger partial charge < -0.3 is 5.32 Å². The Labute approximate surface area is 86.1 Å². The number of hydrogen-bond donors (Lipinski definition) is 2.